The number of hydrogen-bond donors (Lipinski definition) is 1. The molecule has 0 saturated carbocycles. The smallest absolute Gasteiger partial charge is 0.337 e. The third-order valence-corrected chi connectivity index (χ3v) is 6.42. The first-order chi connectivity index (χ1) is 16.3. The van der Waals surface area contributed by atoms with Gasteiger partial charge in [0.15, 0.2) is 17.3 Å². The number of ketones is 1. The number of Topliss-reactive ketones (excluding diaryl/α,β-unsaturated/α-hetero) is 1. The van der Waals surface area contributed by atoms with Crippen LogP contribution >= 0.6 is 0 Å². The lowest BCUT2D eigenvalue weighted by molar-refractivity contribution is -0.140. The third kappa shape index (κ3) is 4.45. The zero-order valence-electron chi connectivity index (χ0n) is 20.4. The minimum Gasteiger partial charge on any atom is -0.493 e. The number of benzene rings is 2. The molecule has 0 amide bonds. The second kappa shape index (κ2) is 9.37. The maximum Gasteiger partial charge on any atom is 0.337 e. The van der Waals surface area contributed by atoms with Crippen molar-refractivity contribution in [3.05, 3.63) is 82.2 Å². The molecule has 0 saturated heterocycles. The number of allylic oxidation sites excluding steroid dienone is 3. The SMILES string of the molecule is COc1cccc(C2C(C(=O)OCc3ccccc3)=C(C)NC3=C2C(=O)CC(C)(C)C3)c1OC. The van der Waals surface area contributed by atoms with Crippen LogP contribution in [0.4, 0.5) is 0 Å². The summed E-state index contributed by atoms with van der Waals surface area (Å²) in [4.78, 5) is 27.0. The van der Waals surface area contributed by atoms with Gasteiger partial charge in [0.25, 0.3) is 0 Å². The molecule has 1 atom stereocenters. The molecular weight excluding hydrogens is 430 g/mol. The molecule has 6 nitrogen and oxygen atoms in total. The average molecular weight is 462 g/mol. The molecule has 1 heterocycles. The zero-order valence-corrected chi connectivity index (χ0v) is 20.4. The summed E-state index contributed by atoms with van der Waals surface area (Å²) in [6.07, 6.45) is 1.11. The molecule has 1 aliphatic heterocycles. The van der Waals surface area contributed by atoms with E-state index in [0.29, 0.717) is 46.7 Å². The molecule has 0 radical (unpaired) electrons. The first-order valence-electron chi connectivity index (χ1n) is 11.4. The Hall–Kier alpha value is -3.54. The molecule has 2 aromatic rings. The van der Waals surface area contributed by atoms with Gasteiger partial charge >= 0.3 is 5.97 Å². The highest BCUT2D eigenvalue weighted by molar-refractivity contribution is 6.04. The molecule has 2 aromatic carbocycles. The number of ether oxygens (including phenoxy) is 3. The van der Waals surface area contributed by atoms with Crippen LogP contribution < -0.4 is 14.8 Å². The predicted octanol–water partition coefficient (Wildman–Crippen LogP) is 5.05. The van der Waals surface area contributed by atoms with Crippen molar-refractivity contribution in [1.29, 1.82) is 0 Å². The Balaban J connectivity index is 1.82. The molecule has 1 N–H and O–H groups in total. The number of methoxy groups -OCH3 is 2. The van der Waals surface area contributed by atoms with Gasteiger partial charge < -0.3 is 19.5 Å². The van der Waals surface area contributed by atoms with E-state index in [-0.39, 0.29) is 17.8 Å². The number of carbonyl (C=O) groups is 2. The van der Waals surface area contributed by atoms with Gasteiger partial charge in [-0.2, -0.15) is 0 Å². The highest BCUT2D eigenvalue weighted by Gasteiger charge is 2.44. The van der Waals surface area contributed by atoms with E-state index in [1.54, 1.807) is 20.3 Å². The third-order valence-electron chi connectivity index (χ3n) is 6.42. The number of esters is 1. The first kappa shape index (κ1) is 23.6. The topological polar surface area (TPSA) is 73.9 Å². The van der Waals surface area contributed by atoms with Gasteiger partial charge in [0.1, 0.15) is 6.61 Å². The van der Waals surface area contributed by atoms with E-state index in [2.05, 4.69) is 19.2 Å². The quantitative estimate of drug-likeness (QED) is 0.607. The number of nitrogens with one attached hydrogen (secondary N) is 1. The summed E-state index contributed by atoms with van der Waals surface area (Å²) in [7, 11) is 3.13. The lowest BCUT2D eigenvalue weighted by Crippen LogP contribution is -2.38. The van der Waals surface area contributed by atoms with Crippen molar-refractivity contribution >= 4 is 11.8 Å². The Morgan fingerprint density at radius 3 is 2.44 bits per heavy atom. The Bertz CT molecular complexity index is 1180. The summed E-state index contributed by atoms with van der Waals surface area (Å²) in [6.45, 7) is 6.17. The molecule has 6 heteroatoms. The van der Waals surface area contributed by atoms with E-state index in [4.69, 9.17) is 14.2 Å². The van der Waals surface area contributed by atoms with Gasteiger partial charge in [-0.25, -0.2) is 4.79 Å². The molecule has 2 aliphatic rings. The predicted molar refractivity (Wildman–Crippen MR) is 129 cm³/mol. The Labute approximate surface area is 200 Å². The van der Waals surface area contributed by atoms with Gasteiger partial charge in [-0.05, 0) is 30.4 Å². The van der Waals surface area contributed by atoms with E-state index < -0.39 is 11.9 Å². The van der Waals surface area contributed by atoms with Gasteiger partial charge in [-0.3, -0.25) is 4.79 Å². The highest BCUT2D eigenvalue weighted by Crippen LogP contribution is 2.50. The number of hydrogen-bond acceptors (Lipinski definition) is 6. The maximum atomic E-state index is 13.5. The second-order valence-electron chi connectivity index (χ2n) is 9.57. The van der Waals surface area contributed by atoms with Crippen LogP contribution in [0.5, 0.6) is 11.5 Å². The maximum absolute atomic E-state index is 13.5. The molecule has 34 heavy (non-hydrogen) atoms. The average Bonchev–Trinajstić information content (AvgIpc) is 2.80. The molecule has 4 rings (SSSR count). The van der Waals surface area contributed by atoms with Crippen LogP contribution in [0.3, 0.4) is 0 Å². The van der Waals surface area contributed by atoms with Crippen molar-refractivity contribution in [3.63, 3.8) is 0 Å². The van der Waals surface area contributed by atoms with Gasteiger partial charge in [-0.15, -0.1) is 0 Å². The van der Waals surface area contributed by atoms with E-state index in [1.165, 1.54) is 0 Å². The molecule has 0 fully saturated rings. The molecule has 1 unspecified atom stereocenters. The van der Waals surface area contributed by atoms with Crippen LogP contribution in [0, 0.1) is 5.41 Å². The highest BCUT2D eigenvalue weighted by atomic mass is 16.5. The number of rotatable bonds is 6. The molecular formula is C28H31NO5. The number of carbonyl (C=O) groups excluding carboxylic acids is 2. The van der Waals surface area contributed by atoms with Crippen molar-refractivity contribution in [2.45, 2.75) is 46.1 Å². The van der Waals surface area contributed by atoms with Crippen molar-refractivity contribution in [2.24, 2.45) is 5.41 Å². The normalized spacial score (nSPS) is 19.3. The van der Waals surface area contributed by atoms with Crippen molar-refractivity contribution in [1.82, 2.24) is 5.32 Å². The van der Waals surface area contributed by atoms with Gasteiger partial charge in [0, 0.05) is 29.0 Å². The fraction of sp³-hybridized carbons (Fsp3) is 0.357. The van der Waals surface area contributed by atoms with Gasteiger partial charge in [0.2, 0.25) is 0 Å². The fourth-order valence-corrected chi connectivity index (χ4v) is 4.96. The first-order valence-corrected chi connectivity index (χ1v) is 11.4. The Morgan fingerprint density at radius 1 is 1.03 bits per heavy atom. The van der Waals surface area contributed by atoms with Crippen LogP contribution in [0.15, 0.2) is 71.1 Å². The standard InChI is InChI=1S/C28H31NO5/c1-17-23(27(31)34-16-18-10-7-6-8-11-18)24(19-12-9-13-22(32-4)26(19)33-5)25-20(29-17)14-28(2,3)15-21(25)30/h6-13,24,29H,14-16H2,1-5H3. The molecule has 0 spiro atoms. The van der Waals surface area contributed by atoms with Gasteiger partial charge in [0.05, 0.1) is 25.7 Å². The molecule has 178 valence electrons. The number of dihydropyridines is 1. The minimum atomic E-state index is -0.617. The summed E-state index contributed by atoms with van der Waals surface area (Å²) in [5, 5.41) is 3.36. The van der Waals surface area contributed by atoms with Crippen molar-refractivity contribution in [2.75, 3.05) is 14.2 Å². The fourth-order valence-electron chi connectivity index (χ4n) is 4.96. The van der Waals surface area contributed by atoms with Crippen LogP contribution in [0.2, 0.25) is 0 Å². The van der Waals surface area contributed by atoms with Crippen molar-refractivity contribution in [3.8, 4) is 11.5 Å². The summed E-state index contributed by atoms with van der Waals surface area (Å²) < 4.78 is 17.0. The second-order valence-corrected chi connectivity index (χ2v) is 9.57. The van der Waals surface area contributed by atoms with E-state index in [9.17, 15) is 9.59 Å². The van der Waals surface area contributed by atoms with E-state index >= 15 is 0 Å². The monoisotopic (exact) mass is 461 g/mol. The zero-order chi connectivity index (χ0) is 24.5. The molecule has 0 aromatic heterocycles. The summed E-state index contributed by atoms with van der Waals surface area (Å²) >= 11 is 0. The summed E-state index contributed by atoms with van der Waals surface area (Å²) in [5.41, 5.74) is 3.97. The summed E-state index contributed by atoms with van der Waals surface area (Å²) in [5.74, 6) is -0.0166. The van der Waals surface area contributed by atoms with Crippen molar-refractivity contribution < 1.29 is 23.8 Å². The molecule has 1 aliphatic carbocycles. The van der Waals surface area contributed by atoms with E-state index in [0.717, 1.165) is 11.3 Å². The minimum absolute atomic E-state index is 0.0227. The van der Waals surface area contributed by atoms with Crippen LogP contribution in [-0.2, 0) is 20.9 Å². The molecule has 0 bridgehead atoms. The largest absolute Gasteiger partial charge is 0.493 e. The van der Waals surface area contributed by atoms with Crippen LogP contribution in [0.25, 0.3) is 0 Å². The van der Waals surface area contributed by atoms with E-state index in [1.807, 2.05) is 49.4 Å². The Morgan fingerprint density at radius 2 is 1.76 bits per heavy atom. The van der Waals surface area contributed by atoms with Gasteiger partial charge in [-0.1, -0.05) is 56.3 Å². The summed E-state index contributed by atoms with van der Waals surface area (Å²) in [6, 6.07) is 15.1. The number of para-hydroxylation sites is 1. The van der Waals surface area contributed by atoms with Crippen LogP contribution in [-0.4, -0.2) is 26.0 Å². The lowest BCUT2D eigenvalue weighted by atomic mass is 9.68. The van der Waals surface area contributed by atoms with Crippen LogP contribution in [0.1, 0.15) is 50.7 Å². The lowest BCUT2D eigenvalue weighted by Gasteiger charge is -2.39. The Kier molecular flexibility index (Phi) is 6.51.